The first-order valence-corrected chi connectivity index (χ1v) is 10.6. The minimum atomic E-state index is -1.53. The van der Waals surface area contributed by atoms with Crippen LogP contribution in [0, 0.1) is 25.5 Å². The molecular weight excluding hydrogens is 426 g/mol. The summed E-state index contributed by atoms with van der Waals surface area (Å²) in [4.78, 5) is 13.3. The smallest absolute Gasteiger partial charge is 0.174 e. The molecule has 0 radical (unpaired) electrons. The van der Waals surface area contributed by atoms with Crippen LogP contribution in [0.3, 0.4) is 0 Å². The Morgan fingerprint density at radius 3 is 2.67 bits per heavy atom. The third-order valence-electron chi connectivity index (χ3n) is 5.82. The van der Waals surface area contributed by atoms with Gasteiger partial charge in [0.1, 0.15) is 17.7 Å². The highest BCUT2D eigenvalue weighted by Gasteiger charge is 2.40. The molecule has 4 heterocycles. The molecule has 9 heteroatoms. The minimum Gasteiger partial charge on any atom is -0.377 e. The summed E-state index contributed by atoms with van der Waals surface area (Å²) >= 11 is 0. The van der Waals surface area contributed by atoms with Gasteiger partial charge in [0.05, 0.1) is 5.69 Å². The second-order valence-corrected chi connectivity index (χ2v) is 8.27. The molecule has 0 amide bonds. The molecule has 7 nitrogen and oxygen atoms in total. The monoisotopic (exact) mass is 448 g/mol. The topological polar surface area (TPSA) is 81.7 Å². The van der Waals surface area contributed by atoms with E-state index in [1.54, 1.807) is 23.3 Å². The number of aromatic nitrogens is 6. The van der Waals surface area contributed by atoms with Gasteiger partial charge in [0.15, 0.2) is 23.3 Å². The standard InChI is InChI=1S/C24H22F2N6O/c1-15-10-17(12-27-22(15)31-13-16(2)28-14-31)4-7-21-29-23-24(33,8-3-9-32(23)30-21)18-5-6-19(25)20(26)11-18/h4-7,10-14,33H,3,8-9H2,1-2H3/b7-4+. The van der Waals surface area contributed by atoms with Gasteiger partial charge >= 0.3 is 0 Å². The fourth-order valence-electron chi connectivity index (χ4n) is 4.17. The molecule has 5 rings (SSSR count). The van der Waals surface area contributed by atoms with E-state index in [2.05, 4.69) is 20.1 Å². The average molecular weight is 448 g/mol. The summed E-state index contributed by atoms with van der Waals surface area (Å²) in [6.07, 6.45) is 9.97. The van der Waals surface area contributed by atoms with E-state index in [9.17, 15) is 13.9 Å². The molecule has 3 aromatic heterocycles. The Labute approximate surface area is 189 Å². The van der Waals surface area contributed by atoms with E-state index in [1.807, 2.05) is 36.8 Å². The Balaban J connectivity index is 1.43. The summed E-state index contributed by atoms with van der Waals surface area (Å²) in [6.45, 7) is 4.49. The number of hydrogen-bond acceptors (Lipinski definition) is 5. The summed E-state index contributed by atoms with van der Waals surface area (Å²) in [5, 5.41) is 15.8. The first-order chi connectivity index (χ1) is 15.8. The maximum atomic E-state index is 13.8. The maximum absolute atomic E-state index is 13.8. The summed E-state index contributed by atoms with van der Waals surface area (Å²) in [5.41, 5.74) is 1.50. The van der Waals surface area contributed by atoms with Crippen molar-refractivity contribution in [3.63, 3.8) is 0 Å². The number of fused-ring (bicyclic) bond motifs is 1. The van der Waals surface area contributed by atoms with Crippen LogP contribution < -0.4 is 0 Å². The summed E-state index contributed by atoms with van der Waals surface area (Å²) in [5.74, 6) is -0.421. The van der Waals surface area contributed by atoms with Crippen LogP contribution in [-0.4, -0.2) is 34.4 Å². The number of aryl methyl sites for hydroxylation is 3. The molecule has 0 spiro atoms. The van der Waals surface area contributed by atoms with Crippen molar-refractivity contribution in [1.82, 2.24) is 29.3 Å². The van der Waals surface area contributed by atoms with Crippen LogP contribution in [0.1, 0.15) is 46.9 Å². The largest absolute Gasteiger partial charge is 0.377 e. The van der Waals surface area contributed by atoms with Crippen molar-refractivity contribution in [2.45, 2.75) is 38.8 Å². The van der Waals surface area contributed by atoms with Crippen molar-refractivity contribution in [3.8, 4) is 5.82 Å². The van der Waals surface area contributed by atoms with Crippen molar-refractivity contribution in [3.05, 3.63) is 88.7 Å². The maximum Gasteiger partial charge on any atom is 0.174 e. The molecule has 0 saturated heterocycles. The molecule has 168 valence electrons. The van der Waals surface area contributed by atoms with Gasteiger partial charge in [0.25, 0.3) is 0 Å². The molecule has 1 unspecified atom stereocenters. The van der Waals surface area contributed by atoms with E-state index in [-0.39, 0.29) is 5.56 Å². The highest BCUT2D eigenvalue weighted by atomic mass is 19.2. The normalized spacial score (nSPS) is 18.1. The van der Waals surface area contributed by atoms with E-state index in [4.69, 9.17) is 0 Å². The Bertz CT molecular complexity index is 1380. The highest BCUT2D eigenvalue weighted by Crippen LogP contribution is 2.37. The predicted octanol–water partition coefficient (Wildman–Crippen LogP) is 3.95. The zero-order chi connectivity index (χ0) is 23.2. The van der Waals surface area contributed by atoms with Crippen molar-refractivity contribution >= 4 is 12.2 Å². The second-order valence-electron chi connectivity index (χ2n) is 8.27. The van der Waals surface area contributed by atoms with Crippen LogP contribution in [-0.2, 0) is 12.1 Å². The zero-order valence-electron chi connectivity index (χ0n) is 18.2. The molecule has 0 fully saturated rings. The minimum absolute atomic E-state index is 0.260. The Hall–Kier alpha value is -3.72. The number of halogens is 2. The predicted molar refractivity (Wildman–Crippen MR) is 118 cm³/mol. The van der Waals surface area contributed by atoms with Gasteiger partial charge in [0.2, 0.25) is 0 Å². The fourth-order valence-corrected chi connectivity index (χ4v) is 4.17. The molecule has 33 heavy (non-hydrogen) atoms. The molecular formula is C24H22F2N6O. The summed E-state index contributed by atoms with van der Waals surface area (Å²) in [7, 11) is 0. The lowest BCUT2D eigenvalue weighted by molar-refractivity contribution is 0.0391. The lowest BCUT2D eigenvalue weighted by Crippen LogP contribution is -2.35. The van der Waals surface area contributed by atoms with Crippen molar-refractivity contribution in [2.75, 3.05) is 0 Å². The van der Waals surface area contributed by atoms with E-state index in [0.717, 1.165) is 34.8 Å². The fraction of sp³-hybridized carbons (Fsp3) is 0.250. The van der Waals surface area contributed by atoms with Crippen LogP contribution in [0.25, 0.3) is 18.0 Å². The number of aliphatic hydroxyl groups is 1. The van der Waals surface area contributed by atoms with Crippen molar-refractivity contribution in [2.24, 2.45) is 0 Å². The summed E-state index contributed by atoms with van der Waals surface area (Å²) < 4.78 is 30.7. The third-order valence-corrected chi connectivity index (χ3v) is 5.82. The summed E-state index contributed by atoms with van der Waals surface area (Å²) in [6, 6.07) is 5.42. The van der Waals surface area contributed by atoms with Crippen molar-refractivity contribution in [1.29, 1.82) is 0 Å². The van der Waals surface area contributed by atoms with Crippen molar-refractivity contribution < 1.29 is 13.9 Å². The van der Waals surface area contributed by atoms with Gasteiger partial charge in [0, 0.05) is 18.9 Å². The van der Waals surface area contributed by atoms with E-state index >= 15 is 0 Å². The Kier molecular flexibility index (Phi) is 5.13. The van der Waals surface area contributed by atoms with Crippen LogP contribution >= 0.6 is 0 Å². The second kappa shape index (κ2) is 8.00. The molecule has 4 aromatic rings. The molecule has 0 saturated carbocycles. The number of nitrogens with zero attached hydrogens (tertiary/aromatic N) is 6. The third kappa shape index (κ3) is 3.84. The molecule has 1 N–H and O–H groups in total. The van der Waals surface area contributed by atoms with Crippen LogP contribution in [0.2, 0.25) is 0 Å². The molecule has 1 aliphatic rings. The highest BCUT2D eigenvalue weighted by molar-refractivity contribution is 5.67. The molecule has 1 atom stereocenters. The van der Waals surface area contributed by atoms with Crippen LogP contribution in [0.4, 0.5) is 8.78 Å². The Morgan fingerprint density at radius 1 is 1.09 bits per heavy atom. The lowest BCUT2D eigenvalue weighted by atomic mass is 9.86. The number of rotatable bonds is 4. The first kappa shape index (κ1) is 21.1. The number of imidazole rings is 1. The van der Waals surface area contributed by atoms with Gasteiger partial charge in [-0.1, -0.05) is 6.07 Å². The average Bonchev–Trinajstić information content (AvgIpc) is 3.41. The SMILES string of the molecule is Cc1cn(-c2ncc(/C=C/c3nc4n(n3)CCCC4(O)c3ccc(F)c(F)c3)cc2C)cn1. The molecule has 0 aliphatic carbocycles. The number of pyridine rings is 1. The van der Waals surface area contributed by atoms with E-state index in [0.29, 0.717) is 31.0 Å². The number of hydrogen-bond donors (Lipinski definition) is 1. The Morgan fingerprint density at radius 2 is 1.94 bits per heavy atom. The molecule has 0 bridgehead atoms. The molecule has 1 aliphatic heterocycles. The lowest BCUT2D eigenvalue weighted by Gasteiger charge is -2.31. The van der Waals surface area contributed by atoms with Gasteiger partial charge in [-0.05, 0) is 73.7 Å². The van der Waals surface area contributed by atoms with E-state index in [1.165, 1.54) is 6.07 Å². The van der Waals surface area contributed by atoms with Gasteiger partial charge in [-0.25, -0.2) is 28.4 Å². The van der Waals surface area contributed by atoms with Gasteiger partial charge in [-0.3, -0.25) is 4.57 Å². The van der Waals surface area contributed by atoms with Crippen LogP contribution in [0.15, 0.2) is 43.0 Å². The quantitative estimate of drug-likeness (QED) is 0.511. The van der Waals surface area contributed by atoms with Gasteiger partial charge in [-0.15, -0.1) is 0 Å². The zero-order valence-corrected chi connectivity index (χ0v) is 18.2. The van der Waals surface area contributed by atoms with Gasteiger partial charge < -0.3 is 5.11 Å². The van der Waals surface area contributed by atoms with E-state index < -0.39 is 17.2 Å². The first-order valence-electron chi connectivity index (χ1n) is 10.6. The van der Waals surface area contributed by atoms with Crippen LogP contribution in [0.5, 0.6) is 0 Å². The molecule has 1 aromatic carbocycles. The number of benzene rings is 1. The van der Waals surface area contributed by atoms with Gasteiger partial charge in [-0.2, -0.15) is 5.10 Å².